The summed E-state index contributed by atoms with van der Waals surface area (Å²) >= 11 is 0. The molecule has 2 rings (SSSR count). The van der Waals surface area contributed by atoms with Gasteiger partial charge >= 0.3 is 5.97 Å². The van der Waals surface area contributed by atoms with E-state index in [-0.39, 0.29) is 28.2 Å². The maximum atomic E-state index is 12.5. The van der Waals surface area contributed by atoms with Crippen molar-refractivity contribution in [1.82, 2.24) is 10.0 Å². The van der Waals surface area contributed by atoms with E-state index < -0.39 is 27.9 Å². The average Bonchev–Trinajstić information content (AvgIpc) is 3.41. The van der Waals surface area contributed by atoms with E-state index in [1.807, 2.05) is 6.92 Å². The predicted octanol–water partition coefficient (Wildman–Crippen LogP) is 1.36. The van der Waals surface area contributed by atoms with Crippen LogP contribution in [0.3, 0.4) is 0 Å². The van der Waals surface area contributed by atoms with E-state index in [1.165, 1.54) is 25.3 Å². The third-order valence-electron chi connectivity index (χ3n) is 4.38. The van der Waals surface area contributed by atoms with Crippen LogP contribution in [0.5, 0.6) is 5.75 Å². The molecule has 1 aromatic carbocycles. The number of hydrogen-bond acceptors (Lipinski definition) is 5. The summed E-state index contributed by atoms with van der Waals surface area (Å²) in [4.78, 5) is 23.7. The number of carbonyl (C=O) groups excluding carboxylic acids is 1. The van der Waals surface area contributed by atoms with E-state index in [1.54, 1.807) is 6.92 Å². The van der Waals surface area contributed by atoms with Gasteiger partial charge < -0.3 is 15.2 Å². The minimum absolute atomic E-state index is 0.0523. The second-order valence-corrected chi connectivity index (χ2v) is 8.12. The topological polar surface area (TPSA) is 122 Å². The molecule has 0 spiro atoms. The number of carbonyl (C=O) groups is 2. The number of benzene rings is 1. The number of carboxylic acid groups (broad SMARTS) is 1. The third kappa shape index (κ3) is 4.73. The summed E-state index contributed by atoms with van der Waals surface area (Å²) < 4.78 is 32.6. The Labute approximate surface area is 153 Å². The predicted molar refractivity (Wildman–Crippen MR) is 94.7 cm³/mol. The van der Waals surface area contributed by atoms with Crippen LogP contribution < -0.4 is 14.8 Å². The Morgan fingerprint density at radius 2 is 2.00 bits per heavy atom. The lowest BCUT2D eigenvalue weighted by Gasteiger charge is -2.20. The fourth-order valence-corrected chi connectivity index (χ4v) is 3.92. The molecule has 0 aliphatic heterocycles. The first-order chi connectivity index (χ1) is 12.2. The molecule has 9 heteroatoms. The van der Waals surface area contributed by atoms with Gasteiger partial charge in [-0.25, -0.2) is 17.9 Å². The standard InChI is InChI=1S/C17H24N2O6S/c1-4-10(2)15(17(21)22)18-16(20)11-5-8-13(25-3)14(9-11)26(23,24)19-12-6-7-12/h5,8-10,12,15,19H,4,6-7H2,1-3H3,(H,18,20)(H,21,22)/t10-,15-/m0/s1. The van der Waals surface area contributed by atoms with Crippen molar-refractivity contribution in [3.05, 3.63) is 23.8 Å². The lowest BCUT2D eigenvalue weighted by molar-refractivity contribution is -0.140. The Morgan fingerprint density at radius 1 is 1.35 bits per heavy atom. The minimum Gasteiger partial charge on any atom is -0.495 e. The molecule has 3 N–H and O–H groups in total. The molecule has 26 heavy (non-hydrogen) atoms. The van der Waals surface area contributed by atoms with Crippen LogP contribution in [0, 0.1) is 5.92 Å². The van der Waals surface area contributed by atoms with Crippen LogP contribution in [0.1, 0.15) is 43.5 Å². The highest BCUT2D eigenvalue weighted by Gasteiger charge is 2.31. The van der Waals surface area contributed by atoms with Crippen molar-refractivity contribution >= 4 is 21.9 Å². The van der Waals surface area contributed by atoms with Crippen LogP contribution in [-0.4, -0.2) is 44.6 Å². The Hall–Kier alpha value is -2.13. The fraction of sp³-hybridized carbons (Fsp3) is 0.529. The summed E-state index contributed by atoms with van der Waals surface area (Å²) in [5, 5.41) is 11.8. The van der Waals surface area contributed by atoms with E-state index >= 15 is 0 Å². The summed E-state index contributed by atoms with van der Waals surface area (Å²) in [5.74, 6) is -1.94. The quantitative estimate of drug-likeness (QED) is 0.591. The van der Waals surface area contributed by atoms with Crippen molar-refractivity contribution in [1.29, 1.82) is 0 Å². The Bertz CT molecular complexity index is 788. The van der Waals surface area contributed by atoms with Gasteiger partial charge in [-0.1, -0.05) is 20.3 Å². The van der Waals surface area contributed by atoms with Gasteiger partial charge in [-0.2, -0.15) is 0 Å². The molecule has 0 unspecified atom stereocenters. The SMILES string of the molecule is CC[C@H](C)[C@H](NC(=O)c1ccc(OC)c(S(=O)(=O)NC2CC2)c1)C(=O)O. The number of nitrogens with one attached hydrogen (secondary N) is 2. The first-order valence-electron chi connectivity index (χ1n) is 8.43. The molecule has 8 nitrogen and oxygen atoms in total. The molecular formula is C17H24N2O6S. The highest BCUT2D eigenvalue weighted by molar-refractivity contribution is 7.89. The molecule has 1 saturated carbocycles. The zero-order valence-electron chi connectivity index (χ0n) is 15.0. The molecule has 144 valence electrons. The number of aliphatic carboxylic acids is 1. The van der Waals surface area contributed by atoms with Crippen molar-refractivity contribution in [2.75, 3.05) is 7.11 Å². The number of ether oxygens (including phenoxy) is 1. The second kappa shape index (κ2) is 8.05. The normalized spacial score (nSPS) is 16.6. The first kappa shape index (κ1) is 20.2. The zero-order valence-corrected chi connectivity index (χ0v) is 15.8. The lowest BCUT2D eigenvalue weighted by Crippen LogP contribution is -2.45. The van der Waals surface area contributed by atoms with Gasteiger partial charge in [0.05, 0.1) is 7.11 Å². The zero-order chi connectivity index (χ0) is 19.5. The van der Waals surface area contributed by atoms with E-state index in [0.717, 1.165) is 12.8 Å². The molecular weight excluding hydrogens is 360 g/mol. The molecule has 1 amide bonds. The van der Waals surface area contributed by atoms with E-state index in [0.29, 0.717) is 6.42 Å². The average molecular weight is 384 g/mol. The van der Waals surface area contributed by atoms with Crippen molar-refractivity contribution in [2.45, 2.75) is 50.1 Å². The van der Waals surface area contributed by atoms with Crippen molar-refractivity contribution < 1.29 is 27.9 Å². The van der Waals surface area contributed by atoms with Crippen LogP contribution >= 0.6 is 0 Å². The van der Waals surface area contributed by atoms with Gasteiger partial charge in [0.2, 0.25) is 10.0 Å². The summed E-state index contributed by atoms with van der Waals surface area (Å²) in [5.41, 5.74) is 0.0523. The third-order valence-corrected chi connectivity index (χ3v) is 5.92. The van der Waals surface area contributed by atoms with E-state index in [2.05, 4.69) is 10.0 Å². The molecule has 0 aromatic heterocycles. The van der Waals surface area contributed by atoms with Gasteiger partial charge in [0.1, 0.15) is 16.7 Å². The van der Waals surface area contributed by atoms with E-state index in [4.69, 9.17) is 4.74 Å². The maximum absolute atomic E-state index is 12.5. The Kier molecular flexibility index (Phi) is 6.25. The highest BCUT2D eigenvalue weighted by atomic mass is 32.2. The largest absolute Gasteiger partial charge is 0.495 e. The molecule has 0 radical (unpaired) electrons. The number of hydrogen-bond donors (Lipinski definition) is 3. The Balaban J connectivity index is 2.30. The number of rotatable bonds is 9. The fourth-order valence-electron chi connectivity index (χ4n) is 2.42. The molecule has 0 heterocycles. The number of methoxy groups -OCH3 is 1. The van der Waals surface area contributed by atoms with Crippen LogP contribution in [0.2, 0.25) is 0 Å². The number of sulfonamides is 1. The minimum atomic E-state index is -3.83. The van der Waals surface area contributed by atoms with Gasteiger partial charge in [-0.15, -0.1) is 0 Å². The van der Waals surface area contributed by atoms with Gasteiger partial charge in [0.15, 0.2) is 0 Å². The summed E-state index contributed by atoms with van der Waals surface area (Å²) in [6.45, 7) is 3.55. The van der Waals surface area contributed by atoms with Crippen LogP contribution in [0.15, 0.2) is 23.1 Å². The second-order valence-electron chi connectivity index (χ2n) is 6.44. The Morgan fingerprint density at radius 3 is 2.50 bits per heavy atom. The van der Waals surface area contributed by atoms with Gasteiger partial charge in [-0.3, -0.25) is 4.79 Å². The molecule has 0 saturated heterocycles. The van der Waals surface area contributed by atoms with Crippen molar-refractivity contribution in [3.63, 3.8) is 0 Å². The monoisotopic (exact) mass is 384 g/mol. The van der Waals surface area contributed by atoms with Crippen molar-refractivity contribution in [3.8, 4) is 5.75 Å². The molecule has 1 fully saturated rings. The van der Waals surface area contributed by atoms with Crippen LogP contribution in [0.25, 0.3) is 0 Å². The first-order valence-corrected chi connectivity index (χ1v) is 9.92. The summed E-state index contributed by atoms with van der Waals surface area (Å²) in [7, 11) is -2.49. The van der Waals surface area contributed by atoms with Gasteiger partial charge in [-0.05, 0) is 37.0 Å². The van der Waals surface area contributed by atoms with Crippen LogP contribution in [-0.2, 0) is 14.8 Å². The van der Waals surface area contributed by atoms with Crippen LogP contribution in [0.4, 0.5) is 0 Å². The number of carboxylic acids is 1. The maximum Gasteiger partial charge on any atom is 0.326 e. The molecule has 2 atom stereocenters. The van der Waals surface area contributed by atoms with Gasteiger partial charge in [0, 0.05) is 11.6 Å². The van der Waals surface area contributed by atoms with E-state index in [9.17, 15) is 23.1 Å². The number of amides is 1. The molecule has 1 aliphatic rings. The van der Waals surface area contributed by atoms with Crippen molar-refractivity contribution in [2.24, 2.45) is 5.92 Å². The molecule has 1 aromatic rings. The summed E-state index contributed by atoms with van der Waals surface area (Å²) in [6, 6.07) is 2.84. The molecule has 1 aliphatic carbocycles. The molecule has 0 bridgehead atoms. The lowest BCUT2D eigenvalue weighted by atomic mass is 9.99. The van der Waals surface area contributed by atoms with Gasteiger partial charge in [0.25, 0.3) is 5.91 Å². The smallest absolute Gasteiger partial charge is 0.326 e. The summed E-state index contributed by atoms with van der Waals surface area (Å²) in [6.07, 6.45) is 2.12. The highest BCUT2D eigenvalue weighted by Crippen LogP contribution is 2.28.